The number of carbonyl (C=O) groups is 4. The number of esters is 1. The van der Waals surface area contributed by atoms with E-state index in [9.17, 15) is 19.2 Å². The van der Waals surface area contributed by atoms with E-state index in [1.54, 1.807) is 20.8 Å². The van der Waals surface area contributed by atoms with E-state index < -0.39 is 42.1 Å². The minimum atomic E-state index is -1.12. The summed E-state index contributed by atoms with van der Waals surface area (Å²) in [6.07, 6.45) is -2.09. The van der Waals surface area contributed by atoms with Crippen LogP contribution in [0.2, 0.25) is 0 Å². The first kappa shape index (κ1) is 14.9. The molecule has 1 heterocycles. The highest BCUT2D eigenvalue weighted by molar-refractivity contribution is 6.05. The Hall–Kier alpha value is -2.12. The number of rotatable bonds is 3. The largest absolute Gasteiger partial charge is 0.450 e. The Morgan fingerprint density at radius 2 is 2.00 bits per heavy atom. The monoisotopic (exact) mass is 272 g/mol. The zero-order valence-electron chi connectivity index (χ0n) is 10.9. The molecular formula is C11H16N2O6. The van der Waals surface area contributed by atoms with Gasteiger partial charge in [-0.15, -0.1) is 0 Å². The molecule has 1 fully saturated rings. The standard InChI is InChI=1S/C11H16N2O6/c1-11(2,3)19-10(17)12-5-8(15)18-6-4-7(14)13-9(6)16/h6H,4-5H2,1-3H3,(H,12,17)(H,13,14,16)/t6-/m0/s1. The molecule has 0 radical (unpaired) electrons. The van der Waals surface area contributed by atoms with E-state index in [4.69, 9.17) is 9.47 Å². The molecule has 2 N–H and O–H groups in total. The highest BCUT2D eigenvalue weighted by atomic mass is 16.6. The van der Waals surface area contributed by atoms with Crippen molar-refractivity contribution in [3.63, 3.8) is 0 Å². The van der Waals surface area contributed by atoms with Crippen LogP contribution < -0.4 is 10.6 Å². The SMILES string of the molecule is CC(C)(C)OC(=O)NCC(=O)O[C@H]1CC(=O)NC1=O. The van der Waals surface area contributed by atoms with Gasteiger partial charge in [-0.25, -0.2) is 4.79 Å². The average Bonchev–Trinajstić information content (AvgIpc) is 2.52. The van der Waals surface area contributed by atoms with Gasteiger partial charge in [-0.05, 0) is 20.8 Å². The number of nitrogens with one attached hydrogen (secondary N) is 2. The molecule has 1 atom stereocenters. The van der Waals surface area contributed by atoms with Crippen LogP contribution in [-0.2, 0) is 23.9 Å². The minimum absolute atomic E-state index is 0.197. The van der Waals surface area contributed by atoms with Gasteiger partial charge in [-0.1, -0.05) is 0 Å². The molecule has 8 heteroatoms. The number of alkyl carbamates (subject to hydrolysis) is 1. The third kappa shape index (κ3) is 5.36. The van der Waals surface area contributed by atoms with Crippen molar-refractivity contribution in [1.82, 2.24) is 10.6 Å². The summed E-state index contributed by atoms with van der Waals surface area (Å²) >= 11 is 0. The third-order valence-electron chi connectivity index (χ3n) is 1.98. The van der Waals surface area contributed by atoms with Crippen molar-refractivity contribution in [2.24, 2.45) is 0 Å². The maximum atomic E-state index is 11.3. The molecule has 1 saturated heterocycles. The number of imide groups is 1. The molecule has 8 nitrogen and oxygen atoms in total. The Morgan fingerprint density at radius 1 is 1.37 bits per heavy atom. The Morgan fingerprint density at radius 3 is 2.47 bits per heavy atom. The number of hydrogen-bond donors (Lipinski definition) is 2. The van der Waals surface area contributed by atoms with Gasteiger partial charge in [0, 0.05) is 0 Å². The van der Waals surface area contributed by atoms with Gasteiger partial charge in [-0.3, -0.25) is 19.7 Å². The number of ether oxygens (including phenoxy) is 2. The van der Waals surface area contributed by atoms with Crippen LogP contribution in [-0.4, -0.2) is 42.1 Å². The van der Waals surface area contributed by atoms with Crippen molar-refractivity contribution in [2.75, 3.05) is 6.54 Å². The van der Waals surface area contributed by atoms with Crippen molar-refractivity contribution in [1.29, 1.82) is 0 Å². The zero-order valence-corrected chi connectivity index (χ0v) is 10.9. The van der Waals surface area contributed by atoms with E-state index in [0.717, 1.165) is 0 Å². The lowest BCUT2D eigenvalue weighted by Gasteiger charge is -2.19. The van der Waals surface area contributed by atoms with E-state index in [1.165, 1.54) is 0 Å². The lowest BCUT2D eigenvalue weighted by atomic mass is 10.2. The molecule has 1 rings (SSSR count). The van der Waals surface area contributed by atoms with Crippen LogP contribution in [0.15, 0.2) is 0 Å². The Bertz CT molecular complexity index is 412. The summed E-state index contributed by atoms with van der Waals surface area (Å²) in [6.45, 7) is 4.60. The lowest BCUT2D eigenvalue weighted by molar-refractivity contribution is -0.153. The Balaban J connectivity index is 2.30. The molecule has 3 amide bonds. The molecule has 0 aromatic heterocycles. The number of hydrogen-bond acceptors (Lipinski definition) is 6. The van der Waals surface area contributed by atoms with Crippen LogP contribution in [0.1, 0.15) is 27.2 Å². The fraction of sp³-hybridized carbons (Fsp3) is 0.636. The van der Waals surface area contributed by atoms with Gasteiger partial charge < -0.3 is 14.8 Å². The van der Waals surface area contributed by atoms with E-state index in [-0.39, 0.29) is 6.42 Å². The van der Waals surface area contributed by atoms with Gasteiger partial charge in [-0.2, -0.15) is 0 Å². The topological polar surface area (TPSA) is 111 Å². The molecule has 0 aliphatic carbocycles. The maximum absolute atomic E-state index is 11.3. The summed E-state index contributed by atoms with van der Waals surface area (Å²) in [7, 11) is 0. The summed E-state index contributed by atoms with van der Waals surface area (Å²) in [5.74, 6) is -1.97. The predicted molar refractivity (Wildman–Crippen MR) is 61.9 cm³/mol. The molecule has 0 bridgehead atoms. The lowest BCUT2D eigenvalue weighted by Crippen LogP contribution is -2.37. The number of amides is 3. The van der Waals surface area contributed by atoms with Crippen molar-refractivity contribution >= 4 is 23.9 Å². The van der Waals surface area contributed by atoms with E-state index in [1.807, 2.05) is 5.32 Å². The molecule has 0 aromatic carbocycles. The predicted octanol–water partition coefficient (Wildman–Crippen LogP) is -0.531. The molecule has 0 aromatic rings. The molecule has 19 heavy (non-hydrogen) atoms. The second-order valence-electron chi connectivity index (χ2n) is 4.95. The highest BCUT2D eigenvalue weighted by Crippen LogP contribution is 2.07. The first-order valence-electron chi connectivity index (χ1n) is 5.67. The van der Waals surface area contributed by atoms with Crippen LogP contribution in [0.5, 0.6) is 0 Å². The molecule has 106 valence electrons. The maximum Gasteiger partial charge on any atom is 0.408 e. The summed E-state index contributed by atoms with van der Waals surface area (Å²) < 4.78 is 9.64. The fourth-order valence-electron chi connectivity index (χ4n) is 1.28. The molecule has 1 aliphatic heterocycles. The molecule has 0 unspecified atom stereocenters. The summed E-state index contributed by atoms with van der Waals surface area (Å²) in [5.41, 5.74) is -0.675. The summed E-state index contributed by atoms with van der Waals surface area (Å²) in [4.78, 5) is 44.6. The van der Waals surface area contributed by atoms with Gasteiger partial charge >= 0.3 is 12.1 Å². The molecule has 0 spiro atoms. The quantitative estimate of drug-likeness (QED) is 0.527. The second kappa shape index (κ2) is 5.68. The fourth-order valence-corrected chi connectivity index (χ4v) is 1.28. The average molecular weight is 272 g/mol. The van der Waals surface area contributed by atoms with Crippen LogP contribution in [0.25, 0.3) is 0 Å². The van der Waals surface area contributed by atoms with Crippen LogP contribution in [0.3, 0.4) is 0 Å². The second-order valence-corrected chi connectivity index (χ2v) is 4.95. The Labute approximate surface area is 109 Å². The minimum Gasteiger partial charge on any atom is -0.450 e. The van der Waals surface area contributed by atoms with Crippen LogP contribution in [0.4, 0.5) is 4.79 Å². The van der Waals surface area contributed by atoms with Crippen molar-refractivity contribution in [2.45, 2.75) is 38.9 Å². The van der Waals surface area contributed by atoms with Crippen molar-refractivity contribution in [3.05, 3.63) is 0 Å². The summed E-state index contributed by atoms with van der Waals surface area (Å²) in [6, 6.07) is 0. The van der Waals surface area contributed by atoms with Crippen molar-refractivity contribution < 1.29 is 28.7 Å². The van der Waals surface area contributed by atoms with E-state index in [2.05, 4.69) is 5.32 Å². The van der Waals surface area contributed by atoms with Gasteiger partial charge in [0.25, 0.3) is 5.91 Å². The number of carbonyl (C=O) groups excluding carboxylic acids is 4. The highest BCUT2D eigenvalue weighted by Gasteiger charge is 2.33. The third-order valence-corrected chi connectivity index (χ3v) is 1.98. The van der Waals surface area contributed by atoms with E-state index >= 15 is 0 Å². The smallest absolute Gasteiger partial charge is 0.408 e. The molecule has 1 aliphatic rings. The van der Waals surface area contributed by atoms with Gasteiger partial charge in [0.1, 0.15) is 12.1 Å². The van der Waals surface area contributed by atoms with Gasteiger partial charge in [0.05, 0.1) is 6.42 Å². The summed E-state index contributed by atoms with van der Waals surface area (Å²) in [5, 5.41) is 4.19. The van der Waals surface area contributed by atoms with Gasteiger partial charge in [0.15, 0.2) is 6.10 Å². The van der Waals surface area contributed by atoms with Crippen LogP contribution >= 0.6 is 0 Å². The Kier molecular flexibility index (Phi) is 4.47. The first-order chi connectivity index (χ1) is 8.67. The van der Waals surface area contributed by atoms with Crippen LogP contribution in [0, 0.1) is 0 Å². The molecule has 0 saturated carbocycles. The molecular weight excluding hydrogens is 256 g/mol. The van der Waals surface area contributed by atoms with Gasteiger partial charge in [0.2, 0.25) is 5.91 Å². The first-order valence-corrected chi connectivity index (χ1v) is 5.67. The zero-order chi connectivity index (χ0) is 14.6. The van der Waals surface area contributed by atoms with E-state index in [0.29, 0.717) is 0 Å². The van der Waals surface area contributed by atoms with Crippen molar-refractivity contribution in [3.8, 4) is 0 Å². The normalized spacial score (nSPS) is 18.8.